The Labute approximate surface area is 195 Å². The third-order valence-corrected chi connectivity index (χ3v) is 7.08. The van der Waals surface area contributed by atoms with Crippen molar-refractivity contribution in [3.63, 3.8) is 0 Å². The van der Waals surface area contributed by atoms with Crippen molar-refractivity contribution in [1.82, 2.24) is 5.01 Å². The van der Waals surface area contributed by atoms with E-state index in [9.17, 15) is 9.59 Å². The van der Waals surface area contributed by atoms with Crippen LogP contribution in [0.25, 0.3) is 0 Å². The number of benzene rings is 2. The number of nitrogens with zero attached hydrogens (tertiary/aromatic N) is 2. The van der Waals surface area contributed by atoms with E-state index < -0.39 is 0 Å². The number of amides is 2. The zero-order valence-corrected chi connectivity index (χ0v) is 19.4. The monoisotopic (exact) mass is 494 g/mol. The van der Waals surface area contributed by atoms with E-state index in [1.165, 1.54) is 11.8 Å². The lowest BCUT2D eigenvalue weighted by atomic mass is 9.85. The molecule has 4 atom stereocenters. The molecular formula is C25H23BrN2O4. The maximum atomic E-state index is 12.8. The SMILES string of the molecule is COc1cc(C=NN2C(=O)C3C4C=CC(C4)C3C2=O)cc(Br)c1OCc1cccc(C)c1. The molecule has 0 radical (unpaired) electrons. The number of carbonyl (C=O) groups excluding carboxylic acids is 2. The Bertz CT molecular complexity index is 1130. The second-order valence-electron chi connectivity index (χ2n) is 8.54. The Morgan fingerprint density at radius 3 is 2.50 bits per heavy atom. The summed E-state index contributed by atoms with van der Waals surface area (Å²) in [6.07, 6.45) is 6.56. The van der Waals surface area contributed by atoms with Crippen LogP contribution in [0.4, 0.5) is 0 Å². The molecule has 0 spiro atoms. The van der Waals surface area contributed by atoms with E-state index >= 15 is 0 Å². The minimum Gasteiger partial charge on any atom is -0.493 e. The number of hydrogen-bond donors (Lipinski definition) is 0. The molecule has 2 amide bonds. The lowest BCUT2D eigenvalue weighted by Crippen LogP contribution is -2.28. The van der Waals surface area contributed by atoms with Crippen LogP contribution in [0, 0.1) is 30.6 Å². The highest BCUT2D eigenvalue weighted by Crippen LogP contribution is 2.52. The Balaban J connectivity index is 1.33. The molecule has 0 aromatic heterocycles. The highest BCUT2D eigenvalue weighted by molar-refractivity contribution is 9.10. The Kier molecular flexibility index (Phi) is 5.37. The summed E-state index contributed by atoms with van der Waals surface area (Å²) in [7, 11) is 1.57. The zero-order valence-electron chi connectivity index (χ0n) is 17.8. The fourth-order valence-corrected chi connectivity index (χ4v) is 5.61. The molecule has 1 saturated heterocycles. The summed E-state index contributed by atoms with van der Waals surface area (Å²) in [5, 5.41) is 5.29. The average molecular weight is 495 g/mol. The summed E-state index contributed by atoms with van der Waals surface area (Å²) < 4.78 is 12.2. The van der Waals surface area contributed by atoms with Crippen molar-refractivity contribution in [2.24, 2.45) is 28.8 Å². The number of imide groups is 1. The van der Waals surface area contributed by atoms with Crippen LogP contribution in [0.2, 0.25) is 0 Å². The second kappa shape index (κ2) is 8.20. The van der Waals surface area contributed by atoms with Crippen molar-refractivity contribution in [2.45, 2.75) is 20.0 Å². The number of halogens is 1. The molecule has 7 heteroatoms. The van der Waals surface area contributed by atoms with Gasteiger partial charge in [-0.25, -0.2) is 0 Å². The number of hydrazone groups is 1. The number of methoxy groups -OCH3 is 1. The van der Waals surface area contributed by atoms with E-state index in [4.69, 9.17) is 9.47 Å². The standard InChI is InChI=1S/C25H23BrN2O4/c1-14-4-3-5-15(8-14)13-32-23-19(26)9-16(10-20(23)31-2)12-27-28-24(29)21-17-6-7-18(11-17)22(21)25(28)30/h3-10,12,17-18,21-22H,11,13H2,1-2H3. The maximum Gasteiger partial charge on any atom is 0.254 e. The largest absolute Gasteiger partial charge is 0.493 e. The molecule has 2 bridgehead atoms. The molecule has 5 rings (SSSR count). The summed E-state index contributed by atoms with van der Waals surface area (Å²) in [6.45, 7) is 2.44. The lowest BCUT2D eigenvalue weighted by molar-refractivity contribution is -0.140. The number of ether oxygens (including phenoxy) is 2. The van der Waals surface area contributed by atoms with Crippen molar-refractivity contribution in [3.05, 3.63) is 69.7 Å². The van der Waals surface area contributed by atoms with E-state index in [2.05, 4.69) is 39.2 Å². The molecule has 2 aromatic rings. The van der Waals surface area contributed by atoms with Crippen LogP contribution in [-0.4, -0.2) is 30.1 Å². The second-order valence-corrected chi connectivity index (χ2v) is 9.40. The zero-order chi connectivity index (χ0) is 22.4. The van der Waals surface area contributed by atoms with E-state index in [1.54, 1.807) is 13.2 Å². The molecule has 32 heavy (non-hydrogen) atoms. The molecule has 0 N–H and O–H groups in total. The number of aryl methyl sites for hydroxylation is 1. The predicted octanol–water partition coefficient (Wildman–Crippen LogP) is 4.49. The molecule has 2 aliphatic carbocycles. The third-order valence-electron chi connectivity index (χ3n) is 6.49. The van der Waals surface area contributed by atoms with Crippen molar-refractivity contribution in [2.75, 3.05) is 7.11 Å². The molecule has 6 nitrogen and oxygen atoms in total. The maximum absolute atomic E-state index is 12.8. The van der Waals surface area contributed by atoms with Gasteiger partial charge in [0.05, 0.1) is 29.6 Å². The summed E-state index contributed by atoms with van der Waals surface area (Å²) >= 11 is 3.55. The van der Waals surface area contributed by atoms with E-state index in [0.717, 1.165) is 17.0 Å². The van der Waals surface area contributed by atoms with Crippen LogP contribution < -0.4 is 9.47 Å². The normalized spacial score (nSPS) is 25.8. The van der Waals surface area contributed by atoms with Crippen LogP contribution in [0.3, 0.4) is 0 Å². The molecule has 3 aliphatic rings. The average Bonchev–Trinajstić information content (AvgIpc) is 3.45. The minimum atomic E-state index is -0.256. The topological polar surface area (TPSA) is 68.2 Å². The minimum absolute atomic E-state index is 0.167. The summed E-state index contributed by atoms with van der Waals surface area (Å²) in [6, 6.07) is 11.7. The third kappa shape index (κ3) is 3.54. The fourth-order valence-electron chi connectivity index (χ4n) is 5.04. The molecular weight excluding hydrogens is 472 g/mol. The molecule has 2 fully saturated rings. The van der Waals surface area contributed by atoms with Gasteiger partial charge in [0.2, 0.25) is 0 Å². The van der Waals surface area contributed by atoms with Crippen LogP contribution in [0.1, 0.15) is 23.1 Å². The summed E-state index contributed by atoms with van der Waals surface area (Å²) in [4.78, 5) is 25.6. The van der Waals surface area contributed by atoms with Gasteiger partial charge in [-0.05, 0) is 64.4 Å². The van der Waals surface area contributed by atoms with E-state index in [1.807, 2.05) is 31.2 Å². The fraction of sp³-hybridized carbons (Fsp3) is 0.320. The van der Waals surface area contributed by atoms with Gasteiger partial charge in [-0.2, -0.15) is 10.1 Å². The Morgan fingerprint density at radius 1 is 1.12 bits per heavy atom. The van der Waals surface area contributed by atoms with Gasteiger partial charge >= 0.3 is 0 Å². The van der Waals surface area contributed by atoms with Crippen molar-refractivity contribution in [1.29, 1.82) is 0 Å². The van der Waals surface area contributed by atoms with Gasteiger partial charge in [-0.15, -0.1) is 0 Å². The Morgan fingerprint density at radius 2 is 1.84 bits per heavy atom. The van der Waals surface area contributed by atoms with Crippen LogP contribution in [0.5, 0.6) is 11.5 Å². The highest BCUT2D eigenvalue weighted by Gasteiger charge is 2.59. The van der Waals surface area contributed by atoms with Gasteiger partial charge in [0.25, 0.3) is 11.8 Å². The van der Waals surface area contributed by atoms with Crippen LogP contribution in [-0.2, 0) is 16.2 Å². The molecule has 1 aliphatic heterocycles. The molecule has 4 unspecified atom stereocenters. The smallest absolute Gasteiger partial charge is 0.254 e. The predicted molar refractivity (Wildman–Crippen MR) is 123 cm³/mol. The van der Waals surface area contributed by atoms with E-state index in [0.29, 0.717) is 28.1 Å². The number of rotatable bonds is 6. The van der Waals surface area contributed by atoms with Gasteiger partial charge in [0, 0.05) is 0 Å². The first-order valence-corrected chi connectivity index (χ1v) is 11.4. The van der Waals surface area contributed by atoms with Gasteiger partial charge in [0.15, 0.2) is 11.5 Å². The van der Waals surface area contributed by atoms with Gasteiger partial charge in [-0.3, -0.25) is 9.59 Å². The first-order valence-electron chi connectivity index (χ1n) is 10.6. The first-order chi connectivity index (χ1) is 15.5. The number of hydrogen-bond acceptors (Lipinski definition) is 5. The lowest BCUT2D eigenvalue weighted by Gasteiger charge is -2.14. The van der Waals surface area contributed by atoms with Crippen LogP contribution >= 0.6 is 15.9 Å². The van der Waals surface area contributed by atoms with Gasteiger partial charge in [0.1, 0.15) is 6.61 Å². The van der Waals surface area contributed by atoms with Crippen molar-refractivity contribution < 1.29 is 19.1 Å². The highest BCUT2D eigenvalue weighted by atomic mass is 79.9. The summed E-state index contributed by atoms with van der Waals surface area (Å²) in [5.41, 5.74) is 2.92. The van der Waals surface area contributed by atoms with E-state index in [-0.39, 0.29) is 35.5 Å². The van der Waals surface area contributed by atoms with Gasteiger partial charge in [-0.1, -0.05) is 42.0 Å². The molecule has 2 aromatic carbocycles. The first kappa shape index (κ1) is 20.9. The Hall–Kier alpha value is -2.93. The van der Waals surface area contributed by atoms with Crippen molar-refractivity contribution >= 4 is 34.0 Å². The van der Waals surface area contributed by atoms with Crippen LogP contribution in [0.15, 0.2) is 58.1 Å². The number of carbonyl (C=O) groups is 2. The molecule has 164 valence electrons. The summed E-state index contributed by atoms with van der Waals surface area (Å²) in [5.74, 6) is 0.542. The number of fused-ring (bicyclic) bond motifs is 5. The van der Waals surface area contributed by atoms with Crippen molar-refractivity contribution in [3.8, 4) is 11.5 Å². The molecule has 1 saturated carbocycles. The number of allylic oxidation sites excluding steroid dienone is 2. The quantitative estimate of drug-likeness (QED) is 0.337. The van der Waals surface area contributed by atoms with Gasteiger partial charge < -0.3 is 9.47 Å². The molecule has 1 heterocycles.